The lowest BCUT2D eigenvalue weighted by atomic mass is 9.43. The Balaban J connectivity index is 1.57. The van der Waals surface area contributed by atoms with Gasteiger partial charge in [0, 0.05) is 5.92 Å². The summed E-state index contributed by atoms with van der Waals surface area (Å²) in [4.78, 5) is 11.2. The molecule has 0 radical (unpaired) electrons. The Hall–Kier alpha value is -0.410. The predicted molar refractivity (Wildman–Crippen MR) is 112 cm³/mol. The highest BCUT2D eigenvalue weighted by Gasteiger charge is 2.62. The average Bonchev–Trinajstić information content (AvgIpc) is 3.00. The molecule has 0 heterocycles. The van der Waals surface area contributed by atoms with E-state index < -0.39 is 0 Å². The minimum absolute atomic E-state index is 0.155. The second kappa shape index (κ2) is 7.38. The molecule has 11 atom stereocenters. The van der Waals surface area contributed by atoms with Gasteiger partial charge in [-0.05, 0) is 104 Å². The van der Waals surface area contributed by atoms with E-state index in [1.54, 1.807) is 0 Å². The SMILES string of the molecule is C[C@H](C=O)C[C@@H](C)[C@H]1CCC2C3C(CC[C@@]21C)[C@@]1(C)CC[C@@H](O)CC1C[C@H]3O. The Morgan fingerprint density at radius 2 is 1.64 bits per heavy atom. The standard InChI is InChI=1S/C25H42O3/c1-15(14-26)11-16(2)19-5-6-20-23-21(8-10-25(19,20)4)24(3)9-7-18(27)12-17(24)13-22(23)28/h14-23,27-28H,5-13H2,1-4H3/t15-,16+,17?,18+,19+,20?,21?,22+,23?,24-,25+/m0/s1. The molecule has 0 aliphatic heterocycles. The van der Waals surface area contributed by atoms with Crippen LogP contribution in [0.25, 0.3) is 0 Å². The van der Waals surface area contributed by atoms with E-state index in [4.69, 9.17) is 0 Å². The first-order chi connectivity index (χ1) is 13.2. The van der Waals surface area contributed by atoms with E-state index in [0.717, 1.165) is 38.4 Å². The summed E-state index contributed by atoms with van der Waals surface area (Å²) in [6, 6.07) is 0. The Bertz CT molecular complexity index is 590. The fourth-order valence-corrected chi connectivity index (χ4v) is 8.98. The topological polar surface area (TPSA) is 57.5 Å². The second-order valence-electron chi connectivity index (χ2n) is 11.8. The molecule has 160 valence electrons. The lowest BCUT2D eigenvalue weighted by Crippen LogP contribution is -2.58. The molecule has 0 saturated heterocycles. The zero-order chi connectivity index (χ0) is 20.3. The van der Waals surface area contributed by atoms with Crippen molar-refractivity contribution in [2.24, 2.45) is 52.3 Å². The summed E-state index contributed by atoms with van der Waals surface area (Å²) in [5.74, 6) is 3.60. The summed E-state index contributed by atoms with van der Waals surface area (Å²) in [6.45, 7) is 9.41. The van der Waals surface area contributed by atoms with E-state index in [0.29, 0.717) is 46.3 Å². The van der Waals surface area contributed by atoms with Crippen LogP contribution < -0.4 is 0 Å². The van der Waals surface area contributed by atoms with Crippen LogP contribution in [0.4, 0.5) is 0 Å². The van der Waals surface area contributed by atoms with Gasteiger partial charge < -0.3 is 15.0 Å². The van der Waals surface area contributed by atoms with Crippen molar-refractivity contribution in [3.8, 4) is 0 Å². The highest BCUT2D eigenvalue weighted by Crippen LogP contribution is 2.68. The highest BCUT2D eigenvalue weighted by atomic mass is 16.3. The van der Waals surface area contributed by atoms with Gasteiger partial charge in [0.25, 0.3) is 0 Å². The van der Waals surface area contributed by atoms with Crippen molar-refractivity contribution >= 4 is 6.29 Å². The van der Waals surface area contributed by atoms with Crippen molar-refractivity contribution in [1.29, 1.82) is 0 Å². The lowest BCUT2D eigenvalue weighted by Gasteiger charge is -2.62. The molecule has 4 rings (SSSR count). The molecule has 4 unspecified atom stereocenters. The van der Waals surface area contributed by atoms with Crippen molar-refractivity contribution in [1.82, 2.24) is 0 Å². The van der Waals surface area contributed by atoms with E-state index in [-0.39, 0.29) is 18.1 Å². The largest absolute Gasteiger partial charge is 0.393 e. The molecular formula is C25H42O3. The van der Waals surface area contributed by atoms with Gasteiger partial charge >= 0.3 is 0 Å². The number of hydrogen-bond acceptors (Lipinski definition) is 3. The van der Waals surface area contributed by atoms with E-state index in [2.05, 4.69) is 27.7 Å². The molecule has 4 saturated carbocycles. The molecular weight excluding hydrogens is 348 g/mol. The number of carbonyl (C=O) groups is 1. The summed E-state index contributed by atoms with van der Waals surface area (Å²) >= 11 is 0. The smallest absolute Gasteiger partial charge is 0.122 e. The molecule has 0 aromatic heterocycles. The average molecular weight is 391 g/mol. The summed E-state index contributed by atoms with van der Waals surface area (Å²) in [5, 5.41) is 21.5. The van der Waals surface area contributed by atoms with Crippen LogP contribution in [0.5, 0.6) is 0 Å². The lowest BCUT2D eigenvalue weighted by molar-refractivity contribution is -0.174. The predicted octanol–water partition coefficient (Wildman–Crippen LogP) is 4.84. The number of aliphatic hydroxyl groups is 2. The molecule has 0 aromatic rings. The van der Waals surface area contributed by atoms with Crippen molar-refractivity contribution < 1.29 is 15.0 Å². The molecule has 2 N–H and O–H groups in total. The summed E-state index contributed by atoms with van der Waals surface area (Å²) in [7, 11) is 0. The van der Waals surface area contributed by atoms with Gasteiger partial charge in [-0.3, -0.25) is 0 Å². The molecule has 0 amide bonds. The zero-order valence-corrected chi connectivity index (χ0v) is 18.4. The molecule has 3 nitrogen and oxygen atoms in total. The van der Waals surface area contributed by atoms with Crippen LogP contribution in [-0.2, 0) is 4.79 Å². The van der Waals surface area contributed by atoms with E-state index >= 15 is 0 Å². The minimum Gasteiger partial charge on any atom is -0.393 e. The van der Waals surface area contributed by atoms with Gasteiger partial charge in [-0.25, -0.2) is 0 Å². The Labute approximate surface area is 171 Å². The van der Waals surface area contributed by atoms with Crippen LogP contribution in [0.1, 0.15) is 85.5 Å². The van der Waals surface area contributed by atoms with Crippen molar-refractivity contribution in [2.75, 3.05) is 0 Å². The van der Waals surface area contributed by atoms with Crippen molar-refractivity contribution in [3.05, 3.63) is 0 Å². The van der Waals surface area contributed by atoms with Crippen molar-refractivity contribution in [2.45, 2.75) is 97.7 Å². The minimum atomic E-state index is -0.194. The third kappa shape index (κ3) is 3.11. The van der Waals surface area contributed by atoms with Gasteiger partial charge in [-0.15, -0.1) is 0 Å². The van der Waals surface area contributed by atoms with Crippen LogP contribution in [0.15, 0.2) is 0 Å². The fraction of sp³-hybridized carbons (Fsp3) is 0.960. The number of fused-ring (bicyclic) bond motifs is 5. The summed E-state index contributed by atoms with van der Waals surface area (Å²) in [5.41, 5.74) is 0.627. The molecule has 4 fully saturated rings. The monoisotopic (exact) mass is 390 g/mol. The van der Waals surface area contributed by atoms with Gasteiger partial charge in [0.15, 0.2) is 0 Å². The van der Waals surface area contributed by atoms with Gasteiger partial charge in [-0.2, -0.15) is 0 Å². The number of carbonyl (C=O) groups excluding carboxylic acids is 1. The molecule has 0 bridgehead atoms. The molecule has 4 aliphatic carbocycles. The van der Waals surface area contributed by atoms with E-state index in [1.165, 1.54) is 25.7 Å². The molecule has 28 heavy (non-hydrogen) atoms. The van der Waals surface area contributed by atoms with Gasteiger partial charge in [0.1, 0.15) is 6.29 Å². The maximum Gasteiger partial charge on any atom is 0.122 e. The van der Waals surface area contributed by atoms with Crippen LogP contribution in [0.2, 0.25) is 0 Å². The van der Waals surface area contributed by atoms with Crippen LogP contribution >= 0.6 is 0 Å². The third-order valence-electron chi connectivity index (χ3n) is 10.4. The van der Waals surface area contributed by atoms with Gasteiger partial charge in [0.2, 0.25) is 0 Å². The Morgan fingerprint density at radius 3 is 2.36 bits per heavy atom. The summed E-state index contributed by atoms with van der Waals surface area (Å²) < 4.78 is 0. The first kappa shape index (κ1) is 20.8. The molecule has 4 aliphatic rings. The van der Waals surface area contributed by atoms with Crippen LogP contribution in [0.3, 0.4) is 0 Å². The van der Waals surface area contributed by atoms with Crippen LogP contribution in [-0.4, -0.2) is 28.7 Å². The normalized spacial score (nSPS) is 52.9. The van der Waals surface area contributed by atoms with Crippen molar-refractivity contribution in [3.63, 3.8) is 0 Å². The maximum atomic E-state index is 11.3. The Kier molecular flexibility index (Phi) is 5.49. The number of rotatable bonds is 4. The van der Waals surface area contributed by atoms with Gasteiger partial charge in [0.05, 0.1) is 12.2 Å². The maximum absolute atomic E-state index is 11.3. The molecule has 0 aromatic carbocycles. The quantitative estimate of drug-likeness (QED) is 0.676. The number of hydrogen-bond donors (Lipinski definition) is 2. The third-order valence-corrected chi connectivity index (χ3v) is 10.4. The van der Waals surface area contributed by atoms with E-state index in [1.807, 2.05) is 0 Å². The first-order valence-electron chi connectivity index (χ1n) is 12.0. The fourth-order valence-electron chi connectivity index (χ4n) is 8.98. The Morgan fingerprint density at radius 1 is 0.964 bits per heavy atom. The molecule has 0 spiro atoms. The molecule has 3 heteroatoms. The number of aldehydes is 1. The van der Waals surface area contributed by atoms with Gasteiger partial charge in [-0.1, -0.05) is 27.7 Å². The first-order valence-corrected chi connectivity index (χ1v) is 12.0. The second-order valence-corrected chi connectivity index (χ2v) is 11.8. The summed E-state index contributed by atoms with van der Waals surface area (Å²) in [6.07, 6.45) is 10.7. The van der Waals surface area contributed by atoms with E-state index in [9.17, 15) is 15.0 Å². The van der Waals surface area contributed by atoms with Crippen LogP contribution in [0, 0.1) is 52.3 Å². The number of aliphatic hydroxyl groups excluding tert-OH is 2. The zero-order valence-electron chi connectivity index (χ0n) is 18.4. The highest BCUT2D eigenvalue weighted by molar-refractivity contribution is 5.52.